The lowest BCUT2D eigenvalue weighted by molar-refractivity contribution is -0.137. The molecule has 2 fully saturated rings. The summed E-state index contributed by atoms with van der Waals surface area (Å²) in [6.45, 7) is 2.43. The zero-order valence-electron chi connectivity index (χ0n) is 11.6. The Hall–Kier alpha value is -1.36. The molecule has 108 valence electrons. The van der Waals surface area contributed by atoms with Gasteiger partial charge < -0.3 is 9.80 Å². The standard InChI is InChI=1S/C15H20N2O2S/c18-14-6-2-8-17(14)12-4-1-7-16(11-12)15(19)10-13-5-3-9-20-13/h3,5,9,12H,1-2,4,6-8,10-11H2/t12-/m1/s1. The van der Waals surface area contributed by atoms with Gasteiger partial charge in [-0.2, -0.15) is 0 Å². The van der Waals surface area contributed by atoms with Crippen molar-refractivity contribution in [3.8, 4) is 0 Å². The lowest BCUT2D eigenvalue weighted by atomic mass is 10.0. The highest BCUT2D eigenvalue weighted by Crippen LogP contribution is 2.22. The van der Waals surface area contributed by atoms with Crippen LogP contribution in [0.1, 0.15) is 30.6 Å². The van der Waals surface area contributed by atoms with E-state index < -0.39 is 0 Å². The van der Waals surface area contributed by atoms with Crippen molar-refractivity contribution in [3.05, 3.63) is 22.4 Å². The molecular weight excluding hydrogens is 272 g/mol. The molecule has 0 radical (unpaired) electrons. The van der Waals surface area contributed by atoms with Crippen LogP contribution in [0.5, 0.6) is 0 Å². The number of hydrogen-bond acceptors (Lipinski definition) is 3. The molecule has 2 saturated heterocycles. The summed E-state index contributed by atoms with van der Waals surface area (Å²) in [5.41, 5.74) is 0. The van der Waals surface area contributed by atoms with Gasteiger partial charge in [-0.25, -0.2) is 0 Å². The molecule has 3 heterocycles. The van der Waals surface area contributed by atoms with E-state index in [9.17, 15) is 9.59 Å². The second kappa shape index (κ2) is 5.95. The number of rotatable bonds is 3. The second-order valence-electron chi connectivity index (χ2n) is 5.58. The maximum absolute atomic E-state index is 12.3. The fraction of sp³-hybridized carbons (Fsp3) is 0.600. The normalized spacial score (nSPS) is 23.4. The van der Waals surface area contributed by atoms with E-state index >= 15 is 0 Å². The minimum atomic E-state index is 0.198. The lowest BCUT2D eigenvalue weighted by Gasteiger charge is -2.37. The molecule has 4 nitrogen and oxygen atoms in total. The molecule has 20 heavy (non-hydrogen) atoms. The third kappa shape index (κ3) is 2.87. The first kappa shape index (κ1) is 13.6. The number of carbonyl (C=O) groups excluding carboxylic acids is 2. The Labute approximate surface area is 123 Å². The van der Waals surface area contributed by atoms with Crippen molar-refractivity contribution >= 4 is 23.2 Å². The third-order valence-electron chi connectivity index (χ3n) is 4.21. The topological polar surface area (TPSA) is 40.6 Å². The van der Waals surface area contributed by atoms with Crippen molar-refractivity contribution in [1.29, 1.82) is 0 Å². The molecule has 3 rings (SSSR count). The number of hydrogen-bond donors (Lipinski definition) is 0. The van der Waals surface area contributed by atoms with E-state index in [0.29, 0.717) is 12.8 Å². The van der Waals surface area contributed by atoms with Crippen LogP contribution in [0.15, 0.2) is 17.5 Å². The van der Waals surface area contributed by atoms with Crippen LogP contribution < -0.4 is 0 Å². The summed E-state index contributed by atoms with van der Waals surface area (Å²) >= 11 is 1.63. The zero-order valence-corrected chi connectivity index (χ0v) is 12.4. The summed E-state index contributed by atoms with van der Waals surface area (Å²) in [6, 6.07) is 4.23. The van der Waals surface area contributed by atoms with Crippen LogP contribution in [0.4, 0.5) is 0 Å². The molecule has 0 unspecified atom stereocenters. The Morgan fingerprint density at radius 3 is 2.95 bits per heavy atom. The van der Waals surface area contributed by atoms with Crippen molar-refractivity contribution in [2.75, 3.05) is 19.6 Å². The minimum Gasteiger partial charge on any atom is -0.340 e. The molecule has 0 spiro atoms. The molecule has 2 aliphatic heterocycles. The van der Waals surface area contributed by atoms with Crippen molar-refractivity contribution < 1.29 is 9.59 Å². The predicted octanol–water partition coefficient (Wildman–Crippen LogP) is 1.90. The predicted molar refractivity (Wildman–Crippen MR) is 78.6 cm³/mol. The van der Waals surface area contributed by atoms with Gasteiger partial charge in [0.1, 0.15) is 0 Å². The number of carbonyl (C=O) groups is 2. The fourth-order valence-corrected chi connectivity index (χ4v) is 3.86. The Morgan fingerprint density at radius 2 is 2.25 bits per heavy atom. The SMILES string of the molecule is O=C(Cc1cccs1)N1CCC[C@@H](N2CCCC2=O)C1. The largest absolute Gasteiger partial charge is 0.340 e. The zero-order chi connectivity index (χ0) is 13.9. The summed E-state index contributed by atoms with van der Waals surface area (Å²) in [5, 5.41) is 2.00. The van der Waals surface area contributed by atoms with Crippen LogP contribution >= 0.6 is 11.3 Å². The van der Waals surface area contributed by atoms with Crippen LogP contribution in [0.2, 0.25) is 0 Å². The van der Waals surface area contributed by atoms with E-state index in [1.165, 1.54) is 0 Å². The molecule has 0 aliphatic carbocycles. The van der Waals surface area contributed by atoms with Crippen LogP contribution in [0.3, 0.4) is 0 Å². The summed E-state index contributed by atoms with van der Waals surface area (Å²) in [4.78, 5) is 29.2. The lowest BCUT2D eigenvalue weighted by Crippen LogP contribution is -2.50. The number of amides is 2. The van der Waals surface area contributed by atoms with Gasteiger partial charge in [0.05, 0.1) is 6.42 Å². The first-order chi connectivity index (χ1) is 9.74. The molecule has 2 amide bonds. The molecule has 0 N–H and O–H groups in total. The molecule has 0 aromatic carbocycles. The molecular formula is C15H20N2O2S. The second-order valence-corrected chi connectivity index (χ2v) is 6.61. The van der Waals surface area contributed by atoms with E-state index in [4.69, 9.17) is 0 Å². The van der Waals surface area contributed by atoms with Crippen molar-refractivity contribution in [1.82, 2.24) is 9.80 Å². The number of thiophene rings is 1. The molecule has 5 heteroatoms. The maximum atomic E-state index is 12.3. The van der Waals surface area contributed by atoms with Gasteiger partial charge in [-0.3, -0.25) is 9.59 Å². The van der Waals surface area contributed by atoms with Gasteiger partial charge in [0.2, 0.25) is 11.8 Å². The molecule has 0 bridgehead atoms. The first-order valence-corrected chi connectivity index (χ1v) is 8.21. The Morgan fingerprint density at radius 1 is 1.35 bits per heavy atom. The highest BCUT2D eigenvalue weighted by molar-refractivity contribution is 7.10. The van der Waals surface area contributed by atoms with E-state index in [1.54, 1.807) is 11.3 Å². The highest BCUT2D eigenvalue weighted by Gasteiger charge is 2.32. The van der Waals surface area contributed by atoms with Gasteiger partial charge in [0.25, 0.3) is 0 Å². The number of nitrogens with zero attached hydrogens (tertiary/aromatic N) is 2. The Balaban J connectivity index is 1.60. The summed E-state index contributed by atoms with van der Waals surface area (Å²) in [5.74, 6) is 0.464. The molecule has 1 aromatic heterocycles. The molecule has 1 aromatic rings. The van der Waals surface area contributed by atoms with Crippen molar-refractivity contribution in [2.45, 2.75) is 38.1 Å². The van der Waals surface area contributed by atoms with Gasteiger partial charge in [-0.1, -0.05) is 6.07 Å². The van der Waals surface area contributed by atoms with Gasteiger partial charge in [-0.05, 0) is 30.7 Å². The highest BCUT2D eigenvalue weighted by atomic mass is 32.1. The van der Waals surface area contributed by atoms with E-state index in [-0.39, 0.29) is 17.9 Å². The quantitative estimate of drug-likeness (QED) is 0.854. The average molecular weight is 292 g/mol. The van der Waals surface area contributed by atoms with Gasteiger partial charge in [0.15, 0.2) is 0 Å². The molecule has 2 aliphatic rings. The van der Waals surface area contributed by atoms with E-state index in [2.05, 4.69) is 0 Å². The third-order valence-corrected chi connectivity index (χ3v) is 5.08. The number of likely N-dealkylation sites (tertiary alicyclic amines) is 2. The van der Waals surface area contributed by atoms with Gasteiger partial charge in [-0.15, -0.1) is 11.3 Å². The number of piperidine rings is 1. The summed E-state index contributed by atoms with van der Waals surface area (Å²) in [7, 11) is 0. The van der Waals surface area contributed by atoms with Crippen LogP contribution in [0, 0.1) is 0 Å². The Kier molecular flexibility index (Phi) is 4.05. The fourth-order valence-electron chi connectivity index (χ4n) is 3.16. The smallest absolute Gasteiger partial charge is 0.227 e. The van der Waals surface area contributed by atoms with E-state index in [0.717, 1.165) is 43.8 Å². The van der Waals surface area contributed by atoms with Crippen LogP contribution in [0.25, 0.3) is 0 Å². The summed E-state index contributed by atoms with van der Waals surface area (Å²) < 4.78 is 0. The average Bonchev–Trinajstić information content (AvgIpc) is 3.10. The maximum Gasteiger partial charge on any atom is 0.227 e. The summed E-state index contributed by atoms with van der Waals surface area (Å²) in [6.07, 6.45) is 4.19. The molecule has 0 saturated carbocycles. The monoisotopic (exact) mass is 292 g/mol. The van der Waals surface area contributed by atoms with E-state index in [1.807, 2.05) is 27.3 Å². The Bertz CT molecular complexity index is 486. The molecule has 1 atom stereocenters. The van der Waals surface area contributed by atoms with Crippen LogP contribution in [-0.2, 0) is 16.0 Å². The minimum absolute atomic E-state index is 0.198. The van der Waals surface area contributed by atoms with Gasteiger partial charge >= 0.3 is 0 Å². The van der Waals surface area contributed by atoms with Crippen molar-refractivity contribution in [2.24, 2.45) is 0 Å². The van der Waals surface area contributed by atoms with Gasteiger partial charge in [0, 0.05) is 37.0 Å². The first-order valence-electron chi connectivity index (χ1n) is 7.33. The van der Waals surface area contributed by atoms with Crippen LogP contribution in [-0.4, -0.2) is 47.3 Å². The van der Waals surface area contributed by atoms with Crippen molar-refractivity contribution in [3.63, 3.8) is 0 Å².